The summed E-state index contributed by atoms with van der Waals surface area (Å²) < 4.78 is 4.64. The monoisotopic (exact) mass is 239 g/mol. The van der Waals surface area contributed by atoms with Gasteiger partial charge in [-0.15, -0.1) is 0 Å². The molecule has 0 atom stereocenters. The Hall–Kier alpha value is -2.42. The van der Waals surface area contributed by atoms with Crippen LogP contribution in [-0.2, 0) is 4.74 Å². The lowest BCUT2D eigenvalue weighted by Crippen LogP contribution is -2.00. The van der Waals surface area contributed by atoms with Gasteiger partial charge in [-0.1, -0.05) is 24.3 Å². The van der Waals surface area contributed by atoms with E-state index in [2.05, 4.69) is 9.72 Å². The normalized spacial score (nSPS) is 10.5. The first-order valence-electron chi connectivity index (χ1n) is 5.56. The molecule has 0 aliphatic rings. The van der Waals surface area contributed by atoms with E-state index in [9.17, 15) is 4.79 Å². The number of rotatable bonds is 3. The smallest absolute Gasteiger partial charge is 0.337 e. The van der Waals surface area contributed by atoms with Gasteiger partial charge >= 0.3 is 5.97 Å². The number of hydrogen-bond donors (Lipinski definition) is 0. The van der Waals surface area contributed by atoms with Crippen LogP contribution in [0.2, 0.25) is 0 Å². The highest BCUT2D eigenvalue weighted by molar-refractivity contribution is 5.89. The molecule has 2 rings (SSSR count). The Morgan fingerprint density at radius 3 is 2.11 bits per heavy atom. The molecule has 0 fully saturated rings. The van der Waals surface area contributed by atoms with Crippen molar-refractivity contribution >= 4 is 18.1 Å². The summed E-state index contributed by atoms with van der Waals surface area (Å²) in [6.45, 7) is 0. The minimum Gasteiger partial charge on any atom is -0.465 e. The second-order valence-corrected chi connectivity index (χ2v) is 3.73. The molecule has 0 spiro atoms. The standard InChI is InChI=1S/C15H13NO2/c1-18-15(17)14-6-4-12(5-7-14)2-3-13-8-10-16-11-9-13/h2-11H,1H3/b3-2-. The van der Waals surface area contributed by atoms with Gasteiger partial charge in [0.1, 0.15) is 0 Å². The number of pyridine rings is 1. The number of carbonyl (C=O) groups excluding carboxylic acids is 1. The van der Waals surface area contributed by atoms with Crippen molar-refractivity contribution in [2.45, 2.75) is 0 Å². The molecule has 1 aromatic carbocycles. The van der Waals surface area contributed by atoms with Crippen LogP contribution < -0.4 is 0 Å². The maximum absolute atomic E-state index is 11.3. The Morgan fingerprint density at radius 1 is 1.00 bits per heavy atom. The Morgan fingerprint density at radius 2 is 1.56 bits per heavy atom. The van der Waals surface area contributed by atoms with E-state index < -0.39 is 0 Å². The number of carbonyl (C=O) groups is 1. The average molecular weight is 239 g/mol. The molecule has 0 unspecified atom stereocenters. The van der Waals surface area contributed by atoms with Crippen LogP contribution in [0.5, 0.6) is 0 Å². The van der Waals surface area contributed by atoms with E-state index in [1.54, 1.807) is 24.5 Å². The number of methoxy groups -OCH3 is 1. The van der Waals surface area contributed by atoms with Crippen LogP contribution in [-0.4, -0.2) is 18.1 Å². The third-order valence-electron chi connectivity index (χ3n) is 2.51. The van der Waals surface area contributed by atoms with Gasteiger partial charge in [0.25, 0.3) is 0 Å². The van der Waals surface area contributed by atoms with E-state index in [4.69, 9.17) is 0 Å². The number of nitrogens with zero attached hydrogens (tertiary/aromatic N) is 1. The summed E-state index contributed by atoms with van der Waals surface area (Å²) in [5, 5.41) is 0. The summed E-state index contributed by atoms with van der Waals surface area (Å²) in [5.74, 6) is -0.320. The van der Waals surface area contributed by atoms with Crippen molar-refractivity contribution in [2.75, 3.05) is 7.11 Å². The summed E-state index contributed by atoms with van der Waals surface area (Å²) in [4.78, 5) is 15.2. The van der Waals surface area contributed by atoms with E-state index in [0.717, 1.165) is 11.1 Å². The zero-order chi connectivity index (χ0) is 12.8. The van der Waals surface area contributed by atoms with Crippen LogP contribution in [0.4, 0.5) is 0 Å². The quantitative estimate of drug-likeness (QED) is 0.773. The molecule has 2 aromatic rings. The van der Waals surface area contributed by atoms with Crippen molar-refractivity contribution in [3.05, 3.63) is 65.5 Å². The highest BCUT2D eigenvalue weighted by Gasteiger charge is 2.02. The molecule has 0 bridgehead atoms. The lowest BCUT2D eigenvalue weighted by atomic mass is 10.1. The average Bonchev–Trinajstić information content (AvgIpc) is 2.46. The predicted molar refractivity (Wildman–Crippen MR) is 70.9 cm³/mol. The zero-order valence-electron chi connectivity index (χ0n) is 10.0. The topological polar surface area (TPSA) is 39.2 Å². The van der Waals surface area contributed by atoms with Crippen molar-refractivity contribution < 1.29 is 9.53 Å². The van der Waals surface area contributed by atoms with Gasteiger partial charge in [-0.2, -0.15) is 0 Å². The molecule has 0 aliphatic heterocycles. The fourth-order valence-electron chi connectivity index (χ4n) is 1.52. The van der Waals surface area contributed by atoms with Gasteiger partial charge in [-0.25, -0.2) is 4.79 Å². The molecular weight excluding hydrogens is 226 g/mol. The Kier molecular flexibility index (Phi) is 3.86. The first-order chi connectivity index (χ1) is 8.79. The third-order valence-corrected chi connectivity index (χ3v) is 2.51. The summed E-state index contributed by atoms with van der Waals surface area (Å²) in [7, 11) is 1.37. The van der Waals surface area contributed by atoms with Crippen LogP contribution in [0, 0.1) is 0 Å². The Labute approximate surface area is 106 Å². The van der Waals surface area contributed by atoms with E-state index in [-0.39, 0.29) is 5.97 Å². The van der Waals surface area contributed by atoms with E-state index >= 15 is 0 Å². The largest absolute Gasteiger partial charge is 0.465 e. The van der Waals surface area contributed by atoms with E-state index in [1.165, 1.54) is 7.11 Å². The van der Waals surface area contributed by atoms with Crippen molar-refractivity contribution in [2.24, 2.45) is 0 Å². The molecule has 0 amide bonds. The SMILES string of the molecule is COC(=O)c1ccc(/C=C\c2ccncc2)cc1. The third kappa shape index (κ3) is 3.04. The second-order valence-electron chi connectivity index (χ2n) is 3.73. The van der Waals surface area contributed by atoms with Crippen LogP contribution in [0.1, 0.15) is 21.5 Å². The molecule has 90 valence electrons. The van der Waals surface area contributed by atoms with Gasteiger partial charge in [0, 0.05) is 12.4 Å². The Bertz CT molecular complexity index is 544. The summed E-state index contributed by atoms with van der Waals surface area (Å²) >= 11 is 0. The molecule has 0 aliphatic carbocycles. The minimum absolute atomic E-state index is 0.320. The molecule has 3 heteroatoms. The first kappa shape index (κ1) is 12.0. The highest BCUT2D eigenvalue weighted by atomic mass is 16.5. The highest BCUT2D eigenvalue weighted by Crippen LogP contribution is 2.09. The van der Waals surface area contributed by atoms with E-state index in [0.29, 0.717) is 5.56 Å². The molecule has 0 saturated carbocycles. The van der Waals surface area contributed by atoms with Crippen molar-refractivity contribution in [3.8, 4) is 0 Å². The molecule has 1 aromatic heterocycles. The maximum atomic E-state index is 11.3. The fourth-order valence-corrected chi connectivity index (χ4v) is 1.52. The number of ether oxygens (including phenoxy) is 1. The van der Waals surface area contributed by atoms with Gasteiger partial charge in [-0.3, -0.25) is 4.98 Å². The van der Waals surface area contributed by atoms with Crippen LogP contribution in [0.15, 0.2) is 48.8 Å². The summed E-state index contributed by atoms with van der Waals surface area (Å²) in [6.07, 6.45) is 7.48. The van der Waals surface area contributed by atoms with Gasteiger partial charge in [0.15, 0.2) is 0 Å². The maximum Gasteiger partial charge on any atom is 0.337 e. The zero-order valence-corrected chi connectivity index (χ0v) is 10.0. The molecule has 0 radical (unpaired) electrons. The molecule has 1 heterocycles. The van der Waals surface area contributed by atoms with Crippen molar-refractivity contribution in [1.29, 1.82) is 0 Å². The second kappa shape index (κ2) is 5.77. The van der Waals surface area contributed by atoms with Gasteiger partial charge in [0.2, 0.25) is 0 Å². The number of benzene rings is 1. The Balaban J connectivity index is 2.11. The molecule has 0 N–H and O–H groups in total. The molecule has 18 heavy (non-hydrogen) atoms. The van der Waals surface area contributed by atoms with Crippen LogP contribution in [0.3, 0.4) is 0 Å². The van der Waals surface area contributed by atoms with Crippen molar-refractivity contribution in [1.82, 2.24) is 4.98 Å². The summed E-state index contributed by atoms with van der Waals surface area (Å²) in [6, 6.07) is 11.1. The van der Waals surface area contributed by atoms with Crippen molar-refractivity contribution in [3.63, 3.8) is 0 Å². The summed E-state index contributed by atoms with van der Waals surface area (Å²) in [5.41, 5.74) is 2.67. The lowest BCUT2D eigenvalue weighted by Gasteiger charge is -1.99. The van der Waals surface area contributed by atoms with E-state index in [1.807, 2.05) is 36.4 Å². The van der Waals surface area contributed by atoms with Gasteiger partial charge in [0.05, 0.1) is 12.7 Å². The minimum atomic E-state index is -0.320. The fraction of sp³-hybridized carbons (Fsp3) is 0.0667. The van der Waals surface area contributed by atoms with Gasteiger partial charge < -0.3 is 4.74 Å². The number of hydrogen-bond acceptors (Lipinski definition) is 3. The molecule has 0 saturated heterocycles. The number of esters is 1. The molecule has 3 nitrogen and oxygen atoms in total. The predicted octanol–water partition coefficient (Wildman–Crippen LogP) is 3.04. The van der Waals surface area contributed by atoms with Crippen LogP contribution in [0.25, 0.3) is 12.2 Å². The first-order valence-corrected chi connectivity index (χ1v) is 5.56. The van der Waals surface area contributed by atoms with Gasteiger partial charge in [-0.05, 0) is 35.4 Å². The molecular formula is C15H13NO2. The van der Waals surface area contributed by atoms with Crippen LogP contribution >= 0.6 is 0 Å². The number of aromatic nitrogens is 1. The lowest BCUT2D eigenvalue weighted by molar-refractivity contribution is 0.0601.